The van der Waals surface area contributed by atoms with Crippen molar-refractivity contribution in [2.24, 2.45) is 0 Å². The Morgan fingerprint density at radius 3 is 1.33 bits per heavy atom. The predicted molar refractivity (Wildman–Crippen MR) is 292 cm³/mol. The first-order valence-corrected chi connectivity index (χ1v) is 24.4. The van der Waals surface area contributed by atoms with E-state index in [1.807, 2.05) is 0 Å². The lowest BCUT2D eigenvalue weighted by atomic mass is 9.34. The first-order valence-electron chi connectivity index (χ1n) is 24.4. The summed E-state index contributed by atoms with van der Waals surface area (Å²) in [5.41, 5.74) is 22.7. The van der Waals surface area contributed by atoms with E-state index in [0.717, 1.165) is 33.5 Å². The van der Waals surface area contributed by atoms with Crippen molar-refractivity contribution >= 4 is 77.6 Å². The number of nitrogens with zero attached hydrogens (tertiary/aromatic N) is 4. The fourth-order valence-corrected chi connectivity index (χ4v) is 11.7. The highest BCUT2D eigenvalue weighted by Crippen LogP contribution is 2.45. The van der Waals surface area contributed by atoms with Crippen molar-refractivity contribution in [2.75, 3.05) is 0 Å². The molecule has 5 heteroatoms. The molecule has 0 saturated carbocycles. The Morgan fingerprint density at radius 2 is 0.841 bits per heavy atom. The minimum atomic E-state index is -0.0897. The molecule has 0 atom stereocenters. The largest absolute Gasteiger partial charge is 0.310 e. The molecule has 0 saturated heterocycles. The second-order valence-corrected chi connectivity index (χ2v) is 21.4. The molecule has 0 bridgehead atoms. The smallest absolute Gasteiger partial charge is 0.252 e. The van der Waals surface area contributed by atoms with Gasteiger partial charge in [0.25, 0.3) is 6.71 Å². The van der Waals surface area contributed by atoms with Crippen LogP contribution in [0.3, 0.4) is 0 Å². The van der Waals surface area contributed by atoms with Gasteiger partial charge < -0.3 is 9.13 Å². The number of fused-ring (bicyclic) bond motifs is 11. The van der Waals surface area contributed by atoms with E-state index >= 15 is 0 Å². The third kappa shape index (κ3) is 5.89. The zero-order chi connectivity index (χ0) is 46.5. The lowest BCUT2D eigenvalue weighted by Gasteiger charge is -2.36. The van der Waals surface area contributed by atoms with Gasteiger partial charge in [0.15, 0.2) is 5.82 Å². The van der Waals surface area contributed by atoms with Crippen LogP contribution in [0.1, 0.15) is 52.7 Å². The number of aromatic nitrogens is 4. The van der Waals surface area contributed by atoms with Crippen molar-refractivity contribution in [1.29, 1.82) is 0 Å². The molecule has 0 unspecified atom stereocenters. The Kier molecular flexibility index (Phi) is 8.28. The molecule has 0 amide bonds. The van der Waals surface area contributed by atoms with Gasteiger partial charge in [0.2, 0.25) is 0 Å². The van der Waals surface area contributed by atoms with Crippen LogP contribution in [0.5, 0.6) is 0 Å². The molecular weight excluding hydrogens is 836 g/mol. The highest BCUT2D eigenvalue weighted by molar-refractivity contribution is 7.00. The molecule has 2 aliphatic rings. The average Bonchev–Trinajstić information content (AvgIpc) is 3.89. The molecular formula is C64H49BN4. The standard InChI is InChI=1S/C64H49BN4/c1-63(2,3)44-34-49-47-30-41(38-18-10-7-11-19-38)26-28-54(47)68-56-32-43(59-46-24-16-17-25-53(46)66-62(67-59)40-22-14-9-15-23-40)33-57-58(56)65(51(36-44)60(49)68)52-37-45(64(4,5)6)35-50-48-31-42(39-20-12-8-13-21-39)27-29-55(48)69(57)61(50)52/h7-37H,1-6H3. The Labute approximate surface area is 402 Å². The van der Waals surface area contributed by atoms with Crippen molar-refractivity contribution in [3.63, 3.8) is 0 Å². The maximum atomic E-state index is 5.53. The maximum Gasteiger partial charge on any atom is 0.252 e. The Balaban J connectivity index is 1.18. The molecule has 0 radical (unpaired) electrons. The SMILES string of the molecule is CC(C)(C)c1cc2c3c(c1)c1cc(-c4ccccc4)ccc1n3-c1cc(-c3nc(-c4ccccc4)nc4ccccc34)cc3c1B2c1cc(C(C)(C)C)cc2c4cc(-c5ccccc5)ccc4n-3c12. The van der Waals surface area contributed by atoms with Crippen molar-refractivity contribution < 1.29 is 0 Å². The van der Waals surface area contributed by atoms with Crippen LogP contribution in [-0.2, 0) is 10.8 Å². The summed E-state index contributed by atoms with van der Waals surface area (Å²) in [4.78, 5) is 10.7. The second kappa shape index (κ2) is 14.3. The van der Waals surface area contributed by atoms with Gasteiger partial charge in [-0.3, -0.25) is 0 Å². The van der Waals surface area contributed by atoms with E-state index in [4.69, 9.17) is 9.97 Å². The van der Waals surface area contributed by atoms with Crippen LogP contribution < -0.4 is 16.4 Å². The normalized spacial score (nSPS) is 13.0. The molecule has 0 fully saturated rings. The van der Waals surface area contributed by atoms with Gasteiger partial charge >= 0.3 is 0 Å². The Bertz CT molecular complexity index is 3930. The zero-order valence-corrected chi connectivity index (χ0v) is 39.8. The van der Waals surface area contributed by atoms with Gasteiger partial charge in [-0.1, -0.05) is 175 Å². The molecule has 3 aromatic heterocycles. The van der Waals surface area contributed by atoms with Gasteiger partial charge in [-0.15, -0.1) is 0 Å². The van der Waals surface area contributed by atoms with Gasteiger partial charge in [0.05, 0.1) is 22.2 Å². The second-order valence-electron chi connectivity index (χ2n) is 21.4. The van der Waals surface area contributed by atoms with E-state index in [2.05, 4.69) is 239 Å². The first-order chi connectivity index (χ1) is 33.5. The van der Waals surface area contributed by atoms with Crippen LogP contribution in [0.15, 0.2) is 188 Å². The molecule has 0 spiro atoms. The highest BCUT2D eigenvalue weighted by Gasteiger charge is 2.43. The molecule has 2 aliphatic heterocycles. The summed E-state index contributed by atoms with van der Waals surface area (Å²) < 4.78 is 5.22. The molecule has 12 aromatic rings. The Hall–Kier alpha value is -8.02. The maximum absolute atomic E-state index is 5.53. The molecule has 5 heterocycles. The van der Waals surface area contributed by atoms with Crippen LogP contribution in [0, 0.1) is 0 Å². The summed E-state index contributed by atoms with van der Waals surface area (Å²) in [5.74, 6) is 0.721. The topological polar surface area (TPSA) is 35.6 Å². The van der Waals surface area contributed by atoms with Gasteiger partial charge in [-0.25, -0.2) is 9.97 Å². The molecule has 0 aliphatic carbocycles. The van der Waals surface area contributed by atoms with Gasteiger partial charge in [-0.05, 0) is 115 Å². The number of hydrogen-bond donors (Lipinski definition) is 0. The summed E-state index contributed by atoms with van der Waals surface area (Å²) in [6, 6.07) is 69.8. The summed E-state index contributed by atoms with van der Waals surface area (Å²) >= 11 is 0. The van der Waals surface area contributed by atoms with Crippen LogP contribution in [0.2, 0.25) is 0 Å². The Morgan fingerprint density at radius 1 is 0.377 bits per heavy atom. The lowest BCUT2D eigenvalue weighted by Crippen LogP contribution is -2.59. The minimum Gasteiger partial charge on any atom is -0.310 e. The fraction of sp³-hybridized carbons (Fsp3) is 0.125. The number of hydrogen-bond acceptors (Lipinski definition) is 2. The van der Waals surface area contributed by atoms with Crippen molar-refractivity contribution in [3.05, 3.63) is 199 Å². The van der Waals surface area contributed by atoms with E-state index in [9.17, 15) is 0 Å². The third-order valence-electron chi connectivity index (χ3n) is 15.2. The molecule has 9 aromatic carbocycles. The van der Waals surface area contributed by atoms with E-state index in [1.165, 1.54) is 105 Å². The molecule has 0 N–H and O–H groups in total. The van der Waals surface area contributed by atoms with E-state index in [1.54, 1.807) is 0 Å². The van der Waals surface area contributed by atoms with Crippen molar-refractivity contribution in [2.45, 2.75) is 52.4 Å². The zero-order valence-electron chi connectivity index (χ0n) is 39.8. The lowest BCUT2D eigenvalue weighted by molar-refractivity contribution is 0.591. The quantitative estimate of drug-likeness (QED) is 0.165. The van der Waals surface area contributed by atoms with Crippen LogP contribution >= 0.6 is 0 Å². The van der Waals surface area contributed by atoms with E-state index < -0.39 is 0 Å². The van der Waals surface area contributed by atoms with Crippen molar-refractivity contribution in [3.8, 4) is 56.3 Å². The van der Waals surface area contributed by atoms with Crippen LogP contribution in [-0.4, -0.2) is 25.8 Å². The van der Waals surface area contributed by atoms with Gasteiger partial charge in [0, 0.05) is 60.5 Å². The van der Waals surface area contributed by atoms with Gasteiger partial charge in [0.1, 0.15) is 0 Å². The summed E-state index contributed by atoms with van der Waals surface area (Å²) in [7, 11) is 0. The predicted octanol–water partition coefficient (Wildman–Crippen LogP) is 14.2. The fourth-order valence-electron chi connectivity index (χ4n) is 11.7. The van der Waals surface area contributed by atoms with Crippen molar-refractivity contribution in [1.82, 2.24) is 19.1 Å². The summed E-state index contributed by atoms with van der Waals surface area (Å²) in [6.07, 6.45) is 0. The monoisotopic (exact) mass is 884 g/mol. The van der Waals surface area contributed by atoms with Gasteiger partial charge in [-0.2, -0.15) is 0 Å². The number of para-hydroxylation sites is 1. The number of rotatable bonds is 4. The van der Waals surface area contributed by atoms with E-state index in [0.29, 0.717) is 0 Å². The summed E-state index contributed by atoms with van der Waals surface area (Å²) in [6.45, 7) is 14.1. The number of benzene rings is 9. The average molecular weight is 885 g/mol. The molecule has 14 rings (SSSR count). The van der Waals surface area contributed by atoms with Crippen LogP contribution in [0.4, 0.5) is 0 Å². The van der Waals surface area contributed by atoms with Crippen LogP contribution in [0.25, 0.3) is 111 Å². The van der Waals surface area contributed by atoms with E-state index in [-0.39, 0.29) is 17.5 Å². The third-order valence-corrected chi connectivity index (χ3v) is 15.2. The molecule has 4 nitrogen and oxygen atoms in total. The first kappa shape index (κ1) is 40.1. The molecule has 328 valence electrons. The highest BCUT2D eigenvalue weighted by atomic mass is 15.0. The molecule has 69 heavy (non-hydrogen) atoms. The summed E-state index contributed by atoms with van der Waals surface area (Å²) in [5, 5.41) is 6.15. The minimum absolute atomic E-state index is 0.0310.